The molecule has 0 amide bonds. The molecule has 0 radical (unpaired) electrons. The van der Waals surface area contributed by atoms with Gasteiger partial charge in [0.2, 0.25) is 0 Å². The Labute approximate surface area is 130 Å². The van der Waals surface area contributed by atoms with E-state index < -0.39 is 10.1 Å². The van der Waals surface area contributed by atoms with Gasteiger partial charge < -0.3 is 14.1 Å². The Morgan fingerprint density at radius 3 is 2.91 bits per heavy atom. The SMILES string of the molecule is C[C@@H]1CCCN(c2ccccc2OS(=O)(=O)c2cnc[nH]2)C1. The molecule has 118 valence electrons. The minimum atomic E-state index is -3.89. The lowest BCUT2D eigenvalue weighted by Crippen LogP contribution is -2.34. The molecule has 3 rings (SSSR count). The van der Waals surface area contributed by atoms with Crippen LogP contribution < -0.4 is 9.08 Å². The van der Waals surface area contributed by atoms with Gasteiger partial charge in [-0.1, -0.05) is 19.1 Å². The van der Waals surface area contributed by atoms with Crippen molar-refractivity contribution >= 4 is 15.8 Å². The smallest absolute Gasteiger partial charge is 0.356 e. The molecule has 1 fully saturated rings. The molecule has 0 saturated carbocycles. The van der Waals surface area contributed by atoms with E-state index in [4.69, 9.17) is 4.18 Å². The highest BCUT2D eigenvalue weighted by molar-refractivity contribution is 7.87. The molecule has 1 aromatic heterocycles. The normalized spacial score (nSPS) is 19.1. The average molecular weight is 321 g/mol. The summed E-state index contributed by atoms with van der Waals surface area (Å²) in [5.74, 6) is 0.942. The van der Waals surface area contributed by atoms with Gasteiger partial charge in [0.1, 0.15) is 0 Å². The molecule has 1 saturated heterocycles. The molecule has 22 heavy (non-hydrogen) atoms. The standard InChI is InChI=1S/C15H19N3O3S/c1-12-5-4-8-18(10-12)13-6-2-3-7-14(13)21-22(19,20)15-9-16-11-17-15/h2-3,6-7,9,11-12H,4-5,8,10H2,1H3,(H,16,17)/t12-/m1/s1. The summed E-state index contributed by atoms with van der Waals surface area (Å²) in [6.07, 6.45) is 4.85. The van der Waals surface area contributed by atoms with Gasteiger partial charge in [-0.15, -0.1) is 0 Å². The first-order valence-electron chi connectivity index (χ1n) is 7.33. The Balaban J connectivity index is 1.89. The van der Waals surface area contributed by atoms with E-state index in [1.165, 1.54) is 18.9 Å². The fraction of sp³-hybridized carbons (Fsp3) is 0.400. The van der Waals surface area contributed by atoms with Gasteiger partial charge in [0.05, 0.1) is 18.2 Å². The van der Waals surface area contributed by atoms with E-state index in [-0.39, 0.29) is 5.03 Å². The number of H-pyrrole nitrogens is 1. The van der Waals surface area contributed by atoms with Gasteiger partial charge >= 0.3 is 10.1 Å². The minimum Gasteiger partial charge on any atom is -0.376 e. The lowest BCUT2D eigenvalue weighted by atomic mass is 10.00. The lowest BCUT2D eigenvalue weighted by Gasteiger charge is -2.33. The van der Waals surface area contributed by atoms with Crippen LogP contribution in [0.15, 0.2) is 41.8 Å². The van der Waals surface area contributed by atoms with E-state index in [0.717, 1.165) is 25.2 Å². The van der Waals surface area contributed by atoms with Crippen LogP contribution in [0, 0.1) is 5.92 Å². The van der Waals surface area contributed by atoms with Crippen molar-refractivity contribution in [1.82, 2.24) is 9.97 Å². The molecule has 1 aromatic carbocycles. The molecule has 0 unspecified atom stereocenters. The van der Waals surface area contributed by atoms with E-state index >= 15 is 0 Å². The monoisotopic (exact) mass is 321 g/mol. The highest BCUT2D eigenvalue weighted by atomic mass is 32.2. The summed E-state index contributed by atoms with van der Waals surface area (Å²) in [4.78, 5) is 8.48. The number of nitrogens with zero attached hydrogens (tertiary/aromatic N) is 2. The zero-order valence-corrected chi connectivity index (χ0v) is 13.2. The van der Waals surface area contributed by atoms with Gasteiger partial charge in [-0.2, -0.15) is 8.42 Å². The maximum Gasteiger partial charge on any atom is 0.356 e. The first-order valence-corrected chi connectivity index (χ1v) is 8.74. The summed E-state index contributed by atoms with van der Waals surface area (Å²) in [6, 6.07) is 7.25. The average Bonchev–Trinajstić information content (AvgIpc) is 3.02. The molecule has 1 atom stereocenters. The Kier molecular flexibility index (Phi) is 4.06. The number of anilines is 1. The number of rotatable bonds is 4. The molecule has 7 heteroatoms. The Morgan fingerprint density at radius 2 is 2.18 bits per heavy atom. The molecule has 1 N–H and O–H groups in total. The van der Waals surface area contributed by atoms with Crippen molar-refractivity contribution in [3.8, 4) is 5.75 Å². The summed E-state index contributed by atoms with van der Waals surface area (Å²) in [7, 11) is -3.89. The van der Waals surface area contributed by atoms with Gasteiger partial charge in [-0.05, 0) is 30.9 Å². The highest BCUT2D eigenvalue weighted by Crippen LogP contribution is 2.33. The number of aromatic nitrogens is 2. The fourth-order valence-electron chi connectivity index (χ4n) is 2.74. The van der Waals surface area contributed by atoms with Crippen molar-refractivity contribution in [3.05, 3.63) is 36.8 Å². The maximum atomic E-state index is 12.3. The minimum absolute atomic E-state index is 0.0469. The van der Waals surface area contributed by atoms with Crippen LogP contribution >= 0.6 is 0 Å². The van der Waals surface area contributed by atoms with Crippen molar-refractivity contribution in [1.29, 1.82) is 0 Å². The summed E-state index contributed by atoms with van der Waals surface area (Å²) in [5, 5.41) is -0.0469. The molecule has 0 aliphatic carbocycles. The van der Waals surface area contributed by atoms with Crippen molar-refractivity contribution in [2.45, 2.75) is 24.8 Å². The molecular weight excluding hydrogens is 302 g/mol. The number of hydrogen-bond donors (Lipinski definition) is 1. The van der Waals surface area contributed by atoms with Gasteiger partial charge in [0.15, 0.2) is 10.8 Å². The number of nitrogens with one attached hydrogen (secondary N) is 1. The molecule has 6 nitrogen and oxygen atoms in total. The molecule has 1 aliphatic rings. The second kappa shape index (κ2) is 6.00. The topological polar surface area (TPSA) is 75.3 Å². The summed E-state index contributed by atoms with van der Waals surface area (Å²) in [5.41, 5.74) is 0.817. The zero-order valence-electron chi connectivity index (χ0n) is 12.4. The van der Waals surface area contributed by atoms with Gasteiger partial charge in [0.25, 0.3) is 0 Å². The van der Waals surface area contributed by atoms with Crippen molar-refractivity contribution in [2.75, 3.05) is 18.0 Å². The number of benzene rings is 1. The van der Waals surface area contributed by atoms with Gasteiger partial charge in [-0.25, -0.2) is 4.98 Å². The second-order valence-corrected chi connectivity index (χ2v) is 7.13. The lowest BCUT2D eigenvalue weighted by molar-refractivity contribution is 0.440. The zero-order chi connectivity index (χ0) is 15.6. The number of piperidine rings is 1. The quantitative estimate of drug-likeness (QED) is 0.875. The number of imidazole rings is 1. The molecular formula is C15H19N3O3S. The summed E-state index contributed by atoms with van der Waals surface area (Å²) < 4.78 is 29.8. The van der Waals surface area contributed by atoms with Crippen LogP contribution in [0.4, 0.5) is 5.69 Å². The van der Waals surface area contributed by atoms with Crippen LogP contribution in [0.1, 0.15) is 19.8 Å². The Hall–Kier alpha value is -2.02. The van der Waals surface area contributed by atoms with Crippen LogP contribution in [0.2, 0.25) is 0 Å². The predicted octanol–water partition coefficient (Wildman–Crippen LogP) is 2.41. The van der Waals surface area contributed by atoms with Crippen molar-refractivity contribution < 1.29 is 12.6 Å². The fourth-order valence-corrected chi connectivity index (χ4v) is 3.59. The van der Waals surface area contributed by atoms with Crippen LogP contribution in [0.3, 0.4) is 0 Å². The molecule has 0 bridgehead atoms. The van der Waals surface area contributed by atoms with E-state index in [9.17, 15) is 8.42 Å². The van der Waals surface area contributed by atoms with Gasteiger partial charge in [-0.3, -0.25) is 0 Å². The number of aromatic amines is 1. The Morgan fingerprint density at radius 1 is 1.36 bits per heavy atom. The highest BCUT2D eigenvalue weighted by Gasteiger charge is 2.23. The van der Waals surface area contributed by atoms with Crippen LogP contribution in [0.5, 0.6) is 5.75 Å². The second-order valence-electron chi connectivity index (χ2n) is 5.61. The molecule has 1 aliphatic heterocycles. The Bertz CT molecular complexity index is 728. The van der Waals surface area contributed by atoms with E-state index in [0.29, 0.717) is 11.7 Å². The summed E-state index contributed by atoms with van der Waals surface area (Å²) >= 11 is 0. The van der Waals surface area contributed by atoms with Crippen molar-refractivity contribution in [3.63, 3.8) is 0 Å². The third-order valence-electron chi connectivity index (χ3n) is 3.80. The first kappa shape index (κ1) is 14.9. The van der Waals surface area contributed by atoms with E-state index in [1.807, 2.05) is 12.1 Å². The largest absolute Gasteiger partial charge is 0.376 e. The number of hydrogen-bond acceptors (Lipinski definition) is 5. The van der Waals surface area contributed by atoms with E-state index in [2.05, 4.69) is 21.8 Å². The third-order valence-corrected chi connectivity index (χ3v) is 4.97. The molecule has 2 aromatic rings. The number of para-hydroxylation sites is 2. The van der Waals surface area contributed by atoms with Crippen LogP contribution in [-0.4, -0.2) is 31.5 Å². The van der Waals surface area contributed by atoms with Crippen molar-refractivity contribution in [2.24, 2.45) is 5.92 Å². The maximum absolute atomic E-state index is 12.3. The van der Waals surface area contributed by atoms with Crippen LogP contribution in [-0.2, 0) is 10.1 Å². The van der Waals surface area contributed by atoms with Crippen LogP contribution in [0.25, 0.3) is 0 Å². The predicted molar refractivity (Wildman–Crippen MR) is 83.5 cm³/mol. The third kappa shape index (κ3) is 3.09. The molecule has 0 spiro atoms. The molecule has 2 heterocycles. The van der Waals surface area contributed by atoms with E-state index in [1.54, 1.807) is 12.1 Å². The first-order chi connectivity index (χ1) is 10.6. The van der Waals surface area contributed by atoms with Gasteiger partial charge in [0, 0.05) is 13.1 Å². The summed E-state index contributed by atoms with van der Waals surface area (Å²) in [6.45, 7) is 4.02.